The fraction of sp³-hybridized carbons (Fsp3) is 0.645. The van der Waals surface area contributed by atoms with Gasteiger partial charge in [-0.2, -0.15) is 0 Å². The van der Waals surface area contributed by atoms with Gasteiger partial charge in [-0.25, -0.2) is 0 Å². The molecule has 1 N–H and O–H groups in total. The fourth-order valence-electron chi connectivity index (χ4n) is 8.61. The van der Waals surface area contributed by atoms with Crippen LogP contribution < -0.4 is 5.32 Å². The average Bonchev–Trinajstić information content (AvgIpc) is 3.41. The summed E-state index contributed by atoms with van der Waals surface area (Å²) in [6.45, 7) is 11.1. The van der Waals surface area contributed by atoms with Crippen LogP contribution in [0.1, 0.15) is 84.1 Å². The van der Waals surface area contributed by atoms with Crippen LogP contribution in [0.5, 0.6) is 0 Å². The molecule has 0 aromatic carbocycles. The maximum atomic E-state index is 13.5. The first-order valence-corrected chi connectivity index (χ1v) is 15.1. The van der Waals surface area contributed by atoms with Crippen molar-refractivity contribution in [1.29, 1.82) is 0 Å². The van der Waals surface area contributed by atoms with Crippen LogP contribution in [0.4, 0.5) is 0 Å². The second kappa shape index (κ2) is 9.79. The van der Waals surface area contributed by atoms with Crippen LogP contribution in [-0.4, -0.2) is 17.5 Å². The zero-order valence-corrected chi connectivity index (χ0v) is 24.3. The van der Waals surface area contributed by atoms with E-state index in [9.17, 15) is 14.4 Å². The summed E-state index contributed by atoms with van der Waals surface area (Å²) in [7, 11) is 0. The first-order chi connectivity index (χ1) is 17.4. The Balaban J connectivity index is 1.30. The van der Waals surface area contributed by atoms with Gasteiger partial charge in [0, 0.05) is 29.1 Å². The van der Waals surface area contributed by atoms with Crippen molar-refractivity contribution in [2.24, 2.45) is 46.3 Å². The van der Waals surface area contributed by atoms with Gasteiger partial charge >= 0.3 is 0 Å². The number of nitrogens with one attached hydrogen (secondary N) is 1. The van der Waals surface area contributed by atoms with Gasteiger partial charge in [-0.05, 0) is 90.5 Å². The number of carbonyl (C=O) groups excluding carboxylic acids is 3. The lowest BCUT2D eigenvalue weighted by Crippen LogP contribution is -2.53. The molecule has 200 valence electrons. The molecule has 1 amide bonds. The van der Waals surface area contributed by atoms with E-state index in [2.05, 4.69) is 46.0 Å². The van der Waals surface area contributed by atoms with Crippen LogP contribution in [0.3, 0.4) is 0 Å². The number of carbonyl (C=O) groups is 3. The van der Waals surface area contributed by atoms with Gasteiger partial charge in [0.2, 0.25) is 5.91 Å². The lowest BCUT2D eigenvalue weighted by Gasteiger charge is -2.56. The molecular weight excluding hydrogens is 502 g/mol. The molecule has 4 nitrogen and oxygen atoms in total. The number of amides is 1. The normalized spacial score (nSPS) is 36.5. The predicted octanol–water partition coefficient (Wildman–Crippen LogP) is 7.34. The van der Waals surface area contributed by atoms with Crippen molar-refractivity contribution in [3.8, 4) is 0 Å². The molecule has 0 bridgehead atoms. The van der Waals surface area contributed by atoms with E-state index in [1.807, 2.05) is 12.1 Å². The van der Waals surface area contributed by atoms with Crippen LogP contribution >= 0.6 is 22.9 Å². The zero-order valence-electron chi connectivity index (χ0n) is 22.7. The summed E-state index contributed by atoms with van der Waals surface area (Å²) in [6.07, 6.45) is 10.6. The first-order valence-electron chi connectivity index (χ1n) is 14.0. The molecule has 0 saturated heterocycles. The SMILES string of the molecule is CC(C)[C@@H](NC(=O)C[C@@H](C)[C@H]1CC[C@H]2[C@@H]3C(=O)CC4=CC(=O)C=C[C@]4(C)[C@H]3CC[C@]12C)c1ccc(Cl)s1. The Kier molecular flexibility index (Phi) is 7.11. The number of ketones is 2. The Morgan fingerprint density at radius 2 is 1.89 bits per heavy atom. The van der Waals surface area contributed by atoms with Crippen molar-refractivity contribution >= 4 is 40.4 Å². The van der Waals surface area contributed by atoms with Crippen molar-refractivity contribution in [1.82, 2.24) is 5.32 Å². The van der Waals surface area contributed by atoms with Gasteiger partial charge in [0.15, 0.2) is 5.78 Å². The zero-order chi connectivity index (χ0) is 26.7. The Morgan fingerprint density at radius 1 is 1.14 bits per heavy atom. The van der Waals surface area contributed by atoms with E-state index in [4.69, 9.17) is 11.6 Å². The van der Waals surface area contributed by atoms with Crippen molar-refractivity contribution in [2.75, 3.05) is 0 Å². The van der Waals surface area contributed by atoms with Crippen LogP contribution in [0.15, 0.2) is 35.9 Å². The van der Waals surface area contributed by atoms with Crippen molar-refractivity contribution in [3.63, 3.8) is 0 Å². The lowest BCUT2D eigenvalue weighted by atomic mass is 9.47. The van der Waals surface area contributed by atoms with Gasteiger partial charge < -0.3 is 5.32 Å². The molecule has 0 spiro atoms. The van der Waals surface area contributed by atoms with Crippen LogP contribution in [-0.2, 0) is 14.4 Å². The monoisotopic (exact) mass is 541 g/mol. The molecule has 1 heterocycles. The van der Waals surface area contributed by atoms with Crippen LogP contribution in [0.2, 0.25) is 4.34 Å². The van der Waals surface area contributed by atoms with Crippen molar-refractivity contribution in [2.45, 2.75) is 79.2 Å². The molecule has 4 aliphatic rings. The second-order valence-electron chi connectivity index (χ2n) is 12.9. The summed E-state index contributed by atoms with van der Waals surface area (Å²) in [5.74, 6) is 2.08. The lowest BCUT2D eigenvalue weighted by molar-refractivity contribution is -0.138. The van der Waals surface area contributed by atoms with E-state index < -0.39 is 0 Å². The Morgan fingerprint density at radius 3 is 2.57 bits per heavy atom. The number of fused-ring (bicyclic) bond motifs is 5. The molecule has 1 aromatic heterocycles. The van der Waals surface area contributed by atoms with Crippen LogP contribution in [0, 0.1) is 46.3 Å². The molecule has 8 atom stereocenters. The number of hydrogen-bond acceptors (Lipinski definition) is 4. The van der Waals surface area contributed by atoms with E-state index in [1.54, 1.807) is 12.2 Å². The molecule has 0 unspecified atom stereocenters. The minimum atomic E-state index is -0.187. The summed E-state index contributed by atoms with van der Waals surface area (Å²) >= 11 is 7.70. The molecule has 3 fully saturated rings. The number of allylic oxidation sites excluding steroid dienone is 4. The highest BCUT2D eigenvalue weighted by Crippen LogP contribution is 2.66. The molecule has 1 aromatic rings. The maximum Gasteiger partial charge on any atom is 0.220 e. The Hall–Kier alpha value is -1.72. The molecule has 0 radical (unpaired) electrons. The number of rotatable bonds is 6. The topological polar surface area (TPSA) is 63.2 Å². The van der Waals surface area contributed by atoms with Gasteiger partial charge in [0.1, 0.15) is 5.78 Å². The first kappa shape index (κ1) is 26.9. The number of thiophene rings is 1. The van der Waals surface area contributed by atoms with Gasteiger partial charge in [-0.15, -0.1) is 11.3 Å². The summed E-state index contributed by atoms with van der Waals surface area (Å²) in [5.41, 5.74) is 0.899. The predicted molar refractivity (Wildman–Crippen MR) is 149 cm³/mol. The molecular formula is C31H40ClNO3S. The second-order valence-corrected chi connectivity index (χ2v) is 14.7. The van der Waals surface area contributed by atoms with Gasteiger partial charge in [-0.1, -0.05) is 52.3 Å². The van der Waals surface area contributed by atoms with Crippen molar-refractivity contribution in [3.05, 3.63) is 45.1 Å². The molecule has 37 heavy (non-hydrogen) atoms. The number of hydrogen-bond donors (Lipinski definition) is 1. The number of halogens is 1. The van der Waals surface area contributed by atoms with E-state index in [1.165, 1.54) is 11.3 Å². The highest BCUT2D eigenvalue weighted by Gasteiger charge is 2.61. The van der Waals surface area contributed by atoms with Gasteiger partial charge in [0.05, 0.1) is 10.4 Å². The number of Topliss-reactive ketones (excluding diaryl/α,β-unsaturated/α-hetero) is 1. The fourth-order valence-corrected chi connectivity index (χ4v) is 9.90. The van der Waals surface area contributed by atoms with E-state index in [0.29, 0.717) is 30.5 Å². The molecule has 0 aliphatic heterocycles. The highest BCUT2D eigenvalue weighted by molar-refractivity contribution is 7.16. The average molecular weight is 542 g/mol. The third-order valence-corrected chi connectivity index (χ3v) is 11.8. The van der Waals surface area contributed by atoms with Gasteiger partial charge in [-0.3, -0.25) is 14.4 Å². The molecule has 6 heteroatoms. The van der Waals surface area contributed by atoms with E-state index >= 15 is 0 Å². The smallest absolute Gasteiger partial charge is 0.220 e. The van der Waals surface area contributed by atoms with Crippen LogP contribution in [0.25, 0.3) is 0 Å². The van der Waals surface area contributed by atoms with Crippen molar-refractivity contribution < 1.29 is 14.4 Å². The quantitative estimate of drug-likeness (QED) is 0.409. The minimum absolute atomic E-state index is 0.00860. The van der Waals surface area contributed by atoms with E-state index in [0.717, 1.165) is 40.5 Å². The largest absolute Gasteiger partial charge is 0.348 e. The Bertz CT molecular complexity index is 1170. The maximum absolute atomic E-state index is 13.5. The summed E-state index contributed by atoms with van der Waals surface area (Å²) < 4.78 is 0.743. The standard InChI is InChI=1S/C31H40ClNO3S/c1-17(2)29(25-8-9-26(32)37-25)33-27(36)14-18(3)21-6-7-22-28-23(11-13-31(21,22)5)30(4)12-10-20(34)15-19(30)16-24(28)35/h8-10,12,15,17-18,21-23,28-29H,6-7,11,13-14,16H2,1-5H3,(H,33,36)/t18-,21-,22+,23+,28+,29-,30+,31-/m1/s1. The summed E-state index contributed by atoms with van der Waals surface area (Å²) in [6, 6.07) is 3.88. The minimum Gasteiger partial charge on any atom is -0.348 e. The summed E-state index contributed by atoms with van der Waals surface area (Å²) in [5, 5.41) is 3.29. The Labute approximate surface area is 230 Å². The molecule has 4 aliphatic carbocycles. The molecule has 5 rings (SSSR count). The molecule has 3 saturated carbocycles. The third-order valence-electron chi connectivity index (χ3n) is 10.5. The highest BCUT2D eigenvalue weighted by atomic mass is 35.5. The van der Waals surface area contributed by atoms with Gasteiger partial charge in [0.25, 0.3) is 0 Å². The summed E-state index contributed by atoms with van der Waals surface area (Å²) in [4.78, 5) is 39.9. The van der Waals surface area contributed by atoms with E-state index in [-0.39, 0.29) is 52.2 Å². The third kappa shape index (κ3) is 4.58.